The highest BCUT2D eigenvalue weighted by Crippen LogP contribution is 2.24. The predicted molar refractivity (Wildman–Crippen MR) is 76.3 cm³/mol. The van der Waals surface area contributed by atoms with Crippen LogP contribution in [-0.4, -0.2) is 35.4 Å². The summed E-state index contributed by atoms with van der Waals surface area (Å²) in [6.45, 7) is 1.97. The normalized spacial score (nSPS) is 19.4. The Hall–Kier alpha value is -0.610. The molecule has 2 rings (SSSR count). The molecule has 92 valence electrons. The number of hydrogen-bond donors (Lipinski definition) is 1. The summed E-state index contributed by atoms with van der Waals surface area (Å²) in [5, 5.41) is 0. The Morgan fingerprint density at radius 2 is 2.29 bits per heavy atom. The van der Waals surface area contributed by atoms with Crippen molar-refractivity contribution in [3.63, 3.8) is 0 Å². The maximum absolute atomic E-state index is 12.4. The van der Waals surface area contributed by atoms with Gasteiger partial charge >= 0.3 is 0 Å². The van der Waals surface area contributed by atoms with Gasteiger partial charge in [0.1, 0.15) is 0 Å². The van der Waals surface area contributed by atoms with E-state index in [2.05, 4.69) is 12.6 Å². The first-order valence-corrected chi connectivity index (χ1v) is 7.34. The molecule has 2 nitrogen and oxygen atoms in total. The molecule has 0 saturated carbocycles. The van der Waals surface area contributed by atoms with E-state index in [0.717, 1.165) is 33.9 Å². The van der Waals surface area contributed by atoms with Gasteiger partial charge in [-0.05, 0) is 36.8 Å². The van der Waals surface area contributed by atoms with E-state index in [1.165, 1.54) is 0 Å². The van der Waals surface area contributed by atoms with E-state index in [9.17, 15) is 4.79 Å². The molecule has 0 aromatic heterocycles. The molecule has 1 fully saturated rings. The highest BCUT2D eigenvalue weighted by molar-refractivity contribution is 7.99. The molecule has 1 aromatic rings. The monoisotopic (exact) mass is 267 g/mol. The van der Waals surface area contributed by atoms with Gasteiger partial charge in [-0.2, -0.15) is 11.8 Å². The summed E-state index contributed by atoms with van der Waals surface area (Å²) in [6.07, 6.45) is 1.10. The third kappa shape index (κ3) is 2.80. The van der Waals surface area contributed by atoms with E-state index in [1.807, 2.05) is 48.8 Å². The van der Waals surface area contributed by atoms with E-state index in [0.29, 0.717) is 6.04 Å². The minimum atomic E-state index is 0.117. The van der Waals surface area contributed by atoms with Crippen molar-refractivity contribution in [3.05, 3.63) is 29.3 Å². The molecule has 1 aliphatic heterocycles. The number of thiol groups is 1. The largest absolute Gasteiger partial charge is 0.338 e. The van der Waals surface area contributed by atoms with Gasteiger partial charge in [0, 0.05) is 29.3 Å². The molecule has 17 heavy (non-hydrogen) atoms. The van der Waals surface area contributed by atoms with Crippen molar-refractivity contribution in [2.75, 3.05) is 18.6 Å². The summed E-state index contributed by atoms with van der Waals surface area (Å²) in [5.74, 6) is 2.33. The van der Waals surface area contributed by atoms with Crippen molar-refractivity contribution in [1.29, 1.82) is 0 Å². The van der Waals surface area contributed by atoms with Crippen LogP contribution in [0.5, 0.6) is 0 Å². The summed E-state index contributed by atoms with van der Waals surface area (Å²) in [6, 6.07) is 6.11. The highest BCUT2D eigenvalue weighted by Gasteiger charge is 2.25. The first-order valence-electron chi connectivity index (χ1n) is 5.74. The molecule has 0 bridgehead atoms. The van der Waals surface area contributed by atoms with Gasteiger partial charge in [-0.25, -0.2) is 0 Å². The predicted octanol–water partition coefficient (Wildman–Crippen LogP) is 2.86. The fourth-order valence-corrected chi connectivity index (χ4v) is 3.50. The molecule has 0 spiro atoms. The standard InChI is InChI=1S/C13H17NOS2/c1-9-3-4-11(16)7-12(9)13(15)14(2)10-5-6-17-8-10/h3-4,7,10,16H,5-6,8H2,1-2H3. The van der Waals surface area contributed by atoms with Crippen LogP contribution in [0.3, 0.4) is 0 Å². The van der Waals surface area contributed by atoms with Crippen molar-refractivity contribution >= 4 is 30.3 Å². The maximum Gasteiger partial charge on any atom is 0.254 e. The van der Waals surface area contributed by atoms with Crippen LogP contribution in [0.4, 0.5) is 0 Å². The van der Waals surface area contributed by atoms with Crippen molar-refractivity contribution in [3.8, 4) is 0 Å². The number of benzene rings is 1. The number of hydrogen-bond acceptors (Lipinski definition) is 3. The van der Waals surface area contributed by atoms with Crippen LogP contribution in [0.2, 0.25) is 0 Å². The Morgan fingerprint density at radius 1 is 1.53 bits per heavy atom. The van der Waals surface area contributed by atoms with Gasteiger partial charge in [0.2, 0.25) is 0 Å². The van der Waals surface area contributed by atoms with Crippen LogP contribution in [0.1, 0.15) is 22.3 Å². The van der Waals surface area contributed by atoms with E-state index in [4.69, 9.17) is 0 Å². The maximum atomic E-state index is 12.4. The lowest BCUT2D eigenvalue weighted by molar-refractivity contribution is 0.0747. The Balaban J connectivity index is 2.20. The van der Waals surface area contributed by atoms with Gasteiger partial charge in [-0.1, -0.05) is 6.07 Å². The number of aryl methyl sites for hydroxylation is 1. The van der Waals surface area contributed by atoms with Crippen molar-refractivity contribution in [2.45, 2.75) is 24.3 Å². The average Bonchev–Trinajstić information content (AvgIpc) is 2.84. The minimum absolute atomic E-state index is 0.117. The van der Waals surface area contributed by atoms with Gasteiger partial charge in [0.25, 0.3) is 5.91 Å². The summed E-state index contributed by atoms with van der Waals surface area (Å²) in [5.41, 5.74) is 1.79. The lowest BCUT2D eigenvalue weighted by Gasteiger charge is -2.24. The average molecular weight is 267 g/mol. The quantitative estimate of drug-likeness (QED) is 0.832. The molecule has 4 heteroatoms. The van der Waals surface area contributed by atoms with Crippen LogP contribution in [-0.2, 0) is 0 Å². The second kappa shape index (κ2) is 5.36. The molecular weight excluding hydrogens is 250 g/mol. The van der Waals surface area contributed by atoms with Crippen molar-refractivity contribution in [1.82, 2.24) is 4.90 Å². The smallest absolute Gasteiger partial charge is 0.254 e. The van der Waals surface area contributed by atoms with Crippen molar-refractivity contribution < 1.29 is 4.79 Å². The number of nitrogens with zero attached hydrogens (tertiary/aromatic N) is 1. The summed E-state index contributed by atoms with van der Waals surface area (Å²) < 4.78 is 0. The zero-order valence-electron chi connectivity index (χ0n) is 10.1. The Bertz CT molecular complexity index is 427. The molecule has 0 N–H and O–H groups in total. The molecule has 0 aliphatic carbocycles. The third-order valence-corrected chi connectivity index (χ3v) is 4.65. The number of rotatable bonds is 2. The van der Waals surface area contributed by atoms with Gasteiger partial charge in [0.05, 0.1) is 0 Å². The molecule has 1 unspecified atom stereocenters. The molecule has 1 aliphatic rings. The van der Waals surface area contributed by atoms with E-state index < -0.39 is 0 Å². The Morgan fingerprint density at radius 3 is 2.94 bits per heavy atom. The van der Waals surface area contributed by atoms with E-state index in [1.54, 1.807) is 0 Å². The van der Waals surface area contributed by atoms with Crippen LogP contribution < -0.4 is 0 Å². The fourth-order valence-electron chi connectivity index (χ4n) is 2.02. The zero-order valence-corrected chi connectivity index (χ0v) is 11.9. The minimum Gasteiger partial charge on any atom is -0.338 e. The number of carbonyl (C=O) groups is 1. The Kier molecular flexibility index (Phi) is 4.05. The fraction of sp³-hybridized carbons (Fsp3) is 0.462. The van der Waals surface area contributed by atoms with Gasteiger partial charge < -0.3 is 4.90 Å². The second-order valence-corrected chi connectivity index (χ2v) is 6.10. The molecular formula is C13H17NOS2. The van der Waals surface area contributed by atoms with Crippen molar-refractivity contribution in [2.24, 2.45) is 0 Å². The van der Waals surface area contributed by atoms with Gasteiger partial charge in [0.15, 0.2) is 0 Å². The summed E-state index contributed by atoms with van der Waals surface area (Å²) >= 11 is 6.22. The number of thioether (sulfide) groups is 1. The van der Waals surface area contributed by atoms with E-state index >= 15 is 0 Å². The molecule has 1 heterocycles. The second-order valence-electron chi connectivity index (χ2n) is 4.43. The first kappa shape index (κ1) is 12.8. The highest BCUT2D eigenvalue weighted by atomic mass is 32.2. The topological polar surface area (TPSA) is 20.3 Å². The lowest BCUT2D eigenvalue weighted by Crippen LogP contribution is -2.37. The molecule has 0 radical (unpaired) electrons. The molecule has 1 amide bonds. The molecule has 1 saturated heterocycles. The van der Waals surface area contributed by atoms with Crippen LogP contribution in [0, 0.1) is 6.92 Å². The molecule has 1 atom stereocenters. The van der Waals surface area contributed by atoms with Gasteiger partial charge in [-0.3, -0.25) is 4.79 Å². The van der Waals surface area contributed by atoms with Gasteiger partial charge in [-0.15, -0.1) is 12.6 Å². The lowest BCUT2D eigenvalue weighted by atomic mass is 10.1. The third-order valence-electron chi connectivity index (χ3n) is 3.23. The zero-order chi connectivity index (χ0) is 12.4. The SMILES string of the molecule is Cc1ccc(S)cc1C(=O)N(C)C1CCSC1. The summed E-state index contributed by atoms with van der Waals surface area (Å²) in [4.78, 5) is 15.1. The first-order chi connectivity index (χ1) is 8.09. The molecule has 1 aromatic carbocycles. The number of carbonyl (C=O) groups excluding carboxylic acids is 1. The van der Waals surface area contributed by atoms with E-state index in [-0.39, 0.29) is 5.91 Å². The van der Waals surface area contributed by atoms with Crippen LogP contribution >= 0.6 is 24.4 Å². The number of amides is 1. The van der Waals surface area contributed by atoms with Crippen LogP contribution in [0.25, 0.3) is 0 Å². The van der Waals surface area contributed by atoms with Crippen LogP contribution in [0.15, 0.2) is 23.1 Å². The summed E-state index contributed by atoms with van der Waals surface area (Å²) in [7, 11) is 1.91. The Labute approximate surface area is 112 Å².